The molecule has 1 aromatic heterocycles. The molecule has 7 heteroatoms. The van der Waals surface area contributed by atoms with Gasteiger partial charge < -0.3 is 14.8 Å². The zero-order valence-corrected chi connectivity index (χ0v) is 16.0. The molecule has 1 N–H and O–H groups in total. The van der Waals surface area contributed by atoms with Gasteiger partial charge >= 0.3 is 0 Å². The first-order chi connectivity index (χ1) is 10.7. The number of nitrogens with zero attached hydrogens (tertiary/aromatic N) is 3. The molecule has 1 unspecified atom stereocenters. The minimum Gasteiger partial charge on any atom is -0.343 e. The smallest absolute Gasteiger partial charge is 0.222 e. The molecule has 0 bridgehead atoms. The lowest BCUT2D eigenvalue weighted by molar-refractivity contribution is -0.133. The summed E-state index contributed by atoms with van der Waals surface area (Å²) in [6, 6.07) is 0.508. The molecule has 0 spiro atoms. The van der Waals surface area contributed by atoms with Crippen molar-refractivity contribution < 1.29 is 4.79 Å². The Hall–Kier alpha value is -0.780. The Morgan fingerprint density at radius 1 is 1.21 bits per heavy atom. The number of aromatic nitrogens is 2. The van der Waals surface area contributed by atoms with Crippen LogP contribution in [0, 0.1) is 11.8 Å². The van der Waals surface area contributed by atoms with Gasteiger partial charge in [-0.1, -0.05) is 6.92 Å². The van der Waals surface area contributed by atoms with Crippen molar-refractivity contribution >= 4 is 30.7 Å². The van der Waals surface area contributed by atoms with E-state index in [0.29, 0.717) is 23.8 Å². The first kappa shape index (κ1) is 21.3. The summed E-state index contributed by atoms with van der Waals surface area (Å²) >= 11 is 0. The standard InChI is InChI=1S/C17H28N4O.2ClH/c1-14(15-2-6-18-7-3-15)12-17(22)20-9-4-16(5-10-20)21-11-8-19-13-21;;/h8,11,13-16,18H,2-7,9-10,12H2,1H3;2*1H. The molecule has 2 aliphatic rings. The fourth-order valence-electron chi connectivity index (χ4n) is 3.88. The predicted octanol–water partition coefficient (Wildman–Crippen LogP) is 2.92. The maximum atomic E-state index is 12.5. The van der Waals surface area contributed by atoms with Crippen LogP contribution in [-0.4, -0.2) is 46.5 Å². The van der Waals surface area contributed by atoms with Gasteiger partial charge in [0, 0.05) is 37.9 Å². The van der Waals surface area contributed by atoms with Crippen molar-refractivity contribution in [2.75, 3.05) is 26.2 Å². The number of nitrogens with one attached hydrogen (secondary N) is 1. The molecule has 3 rings (SSSR count). The lowest BCUT2D eigenvalue weighted by Crippen LogP contribution is -2.40. The second-order valence-corrected chi connectivity index (χ2v) is 6.89. The summed E-state index contributed by atoms with van der Waals surface area (Å²) in [5, 5.41) is 3.40. The van der Waals surface area contributed by atoms with E-state index in [1.807, 2.05) is 18.7 Å². The maximum Gasteiger partial charge on any atom is 0.222 e. The van der Waals surface area contributed by atoms with E-state index in [0.717, 1.165) is 45.4 Å². The van der Waals surface area contributed by atoms with Gasteiger partial charge in [-0.3, -0.25) is 4.79 Å². The molecule has 2 fully saturated rings. The third kappa shape index (κ3) is 5.36. The Balaban J connectivity index is 0.00000144. The maximum absolute atomic E-state index is 12.5. The van der Waals surface area contributed by atoms with Crippen molar-refractivity contribution in [3.8, 4) is 0 Å². The largest absolute Gasteiger partial charge is 0.343 e. The predicted molar refractivity (Wildman–Crippen MR) is 101 cm³/mol. The van der Waals surface area contributed by atoms with Gasteiger partial charge in [-0.05, 0) is 50.6 Å². The Morgan fingerprint density at radius 2 is 1.88 bits per heavy atom. The molecule has 2 aliphatic heterocycles. The summed E-state index contributed by atoms with van der Waals surface area (Å²) in [5.74, 6) is 1.59. The first-order valence-corrected chi connectivity index (χ1v) is 8.70. The average molecular weight is 377 g/mol. The minimum atomic E-state index is 0. The van der Waals surface area contributed by atoms with Crippen molar-refractivity contribution in [2.24, 2.45) is 11.8 Å². The number of imidazole rings is 1. The number of piperidine rings is 2. The van der Waals surface area contributed by atoms with Crippen molar-refractivity contribution in [2.45, 2.75) is 45.1 Å². The SMILES string of the molecule is CC(CC(=O)N1CCC(n2ccnc2)CC1)C1CCNCC1.Cl.Cl. The number of rotatable bonds is 4. The number of amides is 1. The lowest BCUT2D eigenvalue weighted by atomic mass is 9.84. The van der Waals surface area contributed by atoms with Crippen LogP contribution in [0.15, 0.2) is 18.7 Å². The Labute approximate surface area is 157 Å². The van der Waals surface area contributed by atoms with Crippen LogP contribution in [0.5, 0.6) is 0 Å². The quantitative estimate of drug-likeness (QED) is 0.878. The molecule has 138 valence electrons. The second-order valence-electron chi connectivity index (χ2n) is 6.89. The van der Waals surface area contributed by atoms with E-state index < -0.39 is 0 Å². The summed E-state index contributed by atoms with van der Waals surface area (Å²) in [4.78, 5) is 18.7. The van der Waals surface area contributed by atoms with Gasteiger partial charge in [-0.2, -0.15) is 0 Å². The zero-order valence-electron chi connectivity index (χ0n) is 14.4. The fourth-order valence-corrected chi connectivity index (χ4v) is 3.88. The van der Waals surface area contributed by atoms with E-state index in [4.69, 9.17) is 0 Å². The van der Waals surface area contributed by atoms with Crippen LogP contribution < -0.4 is 5.32 Å². The fraction of sp³-hybridized carbons (Fsp3) is 0.765. The van der Waals surface area contributed by atoms with E-state index in [2.05, 4.69) is 26.7 Å². The average Bonchev–Trinajstić information content (AvgIpc) is 3.10. The Morgan fingerprint density at radius 3 is 2.46 bits per heavy atom. The molecule has 1 aromatic rings. The number of hydrogen-bond acceptors (Lipinski definition) is 3. The second kappa shape index (κ2) is 10.3. The zero-order chi connectivity index (χ0) is 15.4. The monoisotopic (exact) mass is 376 g/mol. The molecule has 2 saturated heterocycles. The topological polar surface area (TPSA) is 50.2 Å². The van der Waals surface area contributed by atoms with Gasteiger partial charge in [0.15, 0.2) is 0 Å². The van der Waals surface area contributed by atoms with Crippen LogP contribution in [-0.2, 0) is 4.79 Å². The molecule has 3 heterocycles. The molecular weight excluding hydrogens is 347 g/mol. The molecule has 0 radical (unpaired) electrons. The third-order valence-corrected chi connectivity index (χ3v) is 5.45. The van der Waals surface area contributed by atoms with Gasteiger partial charge in [-0.25, -0.2) is 4.98 Å². The van der Waals surface area contributed by atoms with E-state index in [1.54, 1.807) is 0 Å². The highest BCUT2D eigenvalue weighted by Crippen LogP contribution is 2.27. The molecule has 24 heavy (non-hydrogen) atoms. The summed E-state index contributed by atoms with van der Waals surface area (Å²) in [6.45, 7) is 6.26. The van der Waals surface area contributed by atoms with E-state index in [-0.39, 0.29) is 24.8 Å². The van der Waals surface area contributed by atoms with Crippen molar-refractivity contribution in [3.63, 3.8) is 0 Å². The minimum absolute atomic E-state index is 0. The number of carbonyl (C=O) groups is 1. The summed E-state index contributed by atoms with van der Waals surface area (Å²) < 4.78 is 2.18. The summed E-state index contributed by atoms with van der Waals surface area (Å²) in [5.41, 5.74) is 0. The Kier molecular flexibility index (Phi) is 9.09. The molecule has 1 amide bonds. The summed E-state index contributed by atoms with van der Waals surface area (Å²) in [6.07, 6.45) is 11.0. The van der Waals surface area contributed by atoms with E-state index in [9.17, 15) is 4.79 Å². The van der Waals surface area contributed by atoms with Gasteiger partial charge in [0.25, 0.3) is 0 Å². The van der Waals surface area contributed by atoms with Gasteiger partial charge in [0.1, 0.15) is 0 Å². The van der Waals surface area contributed by atoms with E-state index >= 15 is 0 Å². The number of hydrogen-bond donors (Lipinski definition) is 1. The van der Waals surface area contributed by atoms with Crippen molar-refractivity contribution in [1.29, 1.82) is 0 Å². The molecular formula is C17H30Cl2N4O. The highest BCUT2D eigenvalue weighted by molar-refractivity contribution is 5.85. The molecule has 5 nitrogen and oxygen atoms in total. The van der Waals surface area contributed by atoms with Gasteiger partial charge in [0.2, 0.25) is 5.91 Å². The van der Waals surface area contributed by atoms with Gasteiger partial charge in [-0.15, -0.1) is 24.8 Å². The van der Waals surface area contributed by atoms with Crippen molar-refractivity contribution in [3.05, 3.63) is 18.7 Å². The normalized spacial score (nSPS) is 20.8. The molecule has 0 aliphatic carbocycles. The van der Waals surface area contributed by atoms with Crippen LogP contribution in [0.25, 0.3) is 0 Å². The van der Waals surface area contributed by atoms with Crippen LogP contribution in [0.1, 0.15) is 45.1 Å². The highest BCUT2D eigenvalue weighted by atomic mass is 35.5. The number of halogens is 2. The van der Waals surface area contributed by atoms with Crippen LogP contribution in [0.2, 0.25) is 0 Å². The highest BCUT2D eigenvalue weighted by Gasteiger charge is 2.27. The van der Waals surface area contributed by atoms with Gasteiger partial charge in [0.05, 0.1) is 6.33 Å². The molecule has 0 aromatic carbocycles. The van der Waals surface area contributed by atoms with Crippen LogP contribution >= 0.6 is 24.8 Å². The number of carbonyl (C=O) groups excluding carboxylic acids is 1. The van der Waals surface area contributed by atoms with E-state index in [1.165, 1.54) is 12.8 Å². The molecule has 0 saturated carbocycles. The molecule has 1 atom stereocenters. The third-order valence-electron chi connectivity index (χ3n) is 5.45. The lowest BCUT2D eigenvalue weighted by Gasteiger charge is -2.34. The van der Waals surface area contributed by atoms with Crippen molar-refractivity contribution in [1.82, 2.24) is 19.8 Å². The Bertz CT molecular complexity index is 469. The van der Waals surface area contributed by atoms with Crippen LogP contribution in [0.3, 0.4) is 0 Å². The van der Waals surface area contributed by atoms with Crippen LogP contribution in [0.4, 0.5) is 0 Å². The first-order valence-electron chi connectivity index (χ1n) is 8.70. The number of likely N-dealkylation sites (tertiary alicyclic amines) is 1. The summed E-state index contributed by atoms with van der Waals surface area (Å²) in [7, 11) is 0.